The van der Waals surface area contributed by atoms with Crippen LogP contribution in [0.3, 0.4) is 0 Å². The highest BCUT2D eigenvalue weighted by Gasteiger charge is 2.45. The van der Waals surface area contributed by atoms with E-state index < -0.39 is 0 Å². The zero-order valence-electron chi connectivity index (χ0n) is 78.2. The predicted octanol–water partition coefficient (Wildman–Crippen LogP) is 30.0. The number of benzene rings is 18. The molecule has 4 aromatic heterocycles. The Bertz CT molecular complexity index is 8750. The first kappa shape index (κ1) is 83.4. The molecule has 0 aliphatic heterocycles. The molecule has 0 spiro atoms. The van der Waals surface area contributed by atoms with Crippen molar-refractivity contribution in [1.82, 2.24) is 59.8 Å². The normalized spacial score (nSPS) is 15.3. The highest BCUT2D eigenvalue weighted by Crippen LogP contribution is 2.60. The molecule has 4 heterocycles. The number of hydrogen-bond donors (Lipinski definition) is 0. The molecule has 0 fully saturated rings. The first-order chi connectivity index (χ1) is 69.9. The maximum absolute atomic E-state index is 5.38. The van der Waals surface area contributed by atoms with Crippen molar-refractivity contribution in [3.8, 4) is 181 Å². The third kappa shape index (κ3) is 14.0. The first-order valence-corrected chi connectivity index (χ1v) is 48.7. The third-order valence-corrected chi connectivity index (χ3v) is 29.9. The van der Waals surface area contributed by atoms with E-state index in [2.05, 4.69) is 355 Å². The minimum Gasteiger partial charge on any atom is -0.208 e. The van der Waals surface area contributed by atoms with Crippen LogP contribution in [0.5, 0.6) is 0 Å². The van der Waals surface area contributed by atoms with Gasteiger partial charge in [0.1, 0.15) is 0 Å². The fraction of sp³-hybridized carbons (Fsp3) is 0.0769. The van der Waals surface area contributed by atoms with Crippen molar-refractivity contribution in [1.29, 1.82) is 0 Å². The summed E-state index contributed by atoms with van der Waals surface area (Å²) in [5.74, 6) is 7.79. The van der Waals surface area contributed by atoms with E-state index >= 15 is 0 Å². The predicted molar refractivity (Wildman–Crippen MR) is 567 cm³/mol. The molecule has 142 heavy (non-hydrogen) atoms. The number of hydrogen-bond acceptors (Lipinski definition) is 12. The summed E-state index contributed by atoms with van der Waals surface area (Å²) in [4.78, 5) is 61.9. The van der Waals surface area contributed by atoms with Gasteiger partial charge in [0.15, 0.2) is 69.9 Å². The van der Waals surface area contributed by atoms with Gasteiger partial charge in [-0.1, -0.05) is 422 Å². The van der Waals surface area contributed by atoms with E-state index in [1.54, 1.807) is 0 Å². The minimum atomic E-state index is -0.0748. The van der Waals surface area contributed by atoms with E-state index in [0.717, 1.165) is 89.0 Å². The molecular weight excluding hydrogens is 1730 g/mol. The molecule has 22 aromatic rings. The van der Waals surface area contributed by atoms with Gasteiger partial charge in [-0.2, -0.15) is 0 Å². The summed E-state index contributed by atoms with van der Waals surface area (Å²) in [6.45, 7) is 9.29. The molecule has 8 aliphatic rings. The van der Waals surface area contributed by atoms with Gasteiger partial charge in [0, 0.05) is 101 Å². The molecule has 4 unspecified atom stereocenters. The Morgan fingerprint density at radius 3 is 0.648 bits per heavy atom. The number of rotatable bonds is 14. The monoisotopic (exact) mass is 1820 g/mol. The second kappa shape index (κ2) is 33.4. The average molecular weight is 1820 g/mol. The highest BCUT2D eigenvalue weighted by atomic mass is 15.1. The molecule has 4 atom stereocenters. The van der Waals surface area contributed by atoms with Crippen LogP contribution in [0.2, 0.25) is 0 Å². The molecule has 0 amide bonds. The topological polar surface area (TPSA) is 155 Å². The molecular formula is C130H88N12. The molecule has 12 nitrogen and oxygen atoms in total. The molecule has 0 N–H and O–H groups in total. The molecule has 4 bridgehead atoms. The lowest BCUT2D eigenvalue weighted by atomic mass is 9.61. The highest BCUT2D eigenvalue weighted by molar-refractivity contribution is 5.91. The van der Waals surface area contributed by atoms with E-state index in [4.69, 9.17) is 59.8 Å². The quantitative estimate of drug-likeness (QED) is 0.102. The summed E-state index contributed by atoms with van der Waals surface area (Å²) in [6, 6.07) is 155. The molecule has 30 rings (SSSR count). The number of nitrogens with zero attached hydrogens (tertiary/aromatic N) is 12. The molecule has 18 aromatic carbocycles. The standard InChI is InChI=1S/2C65H44N6/c1-65(2)55-29-17-16-25-46(55)52-36-42(32-35-56(52)65)45-24-12-15-28-51(45)64-70-61(41-22-10-5-11-23-41)69-63(71-64)44-31-34-50-54(38-44)58-48-27-14-13-26-47(48)57(50)53-37-43(30-33-49(53)58)62-67-59(39-18-6-3-7-19-39)66-60(68-62)40-20-8-4-9-21-40;1-65(2)55-28-15-14-25-47(55)52-36-43(31-34-56(52)65)42-23-16-24-44(35-42)62-67-61(41-21-10-5-11-22-41)70-64(71-62)46-30-33-51-54(38-46)58-49-27-13-12-26-48(49)57(51)53-37-45(29-32-50(53)58)63-68-59(39-17-6-3-7-18-39)66-60(69-63)40-19-8-4-9-20-40/h2*3-38,57-58H,1-2H3. The zero-order chi connectivity index (χ0) is 94.4. The van der Waals surface area contributed by atoms with Crippen molar-refractivity contribution in [2.24, 2.45) is 0 Å². The van der Waals surface area contributed by atoms with E-state index in [1.807, 2.05) is 109 Å². The lowest BCUT2D eigenvalue weighted by Crippen LogP contribution is -2.27. The maximum Gasteiger partial charge on any atom is 0.164 e. The van der Waals surface area contributed by atoms with Crippen LogP contribution in [0.25, 0.3) is 181 Å². The number of fused-ring (bicyclic) bond motifs is 6. The van der Waals surface area contributed by atoms with Crippen molar-refractivity contribution in [3.63, 3.8) is 0 Å². The van der Waals surface area contributed by atoms with Gasteiger partial charge in [-0.25, -0.2) is 59.8 Å². The number of aromatic nitrogens is 12. The minimum absolute atomic E-state index is 0.0128. The van der Waals surface area contributed by atoms with Gasteiger partial charge in [-0.05, 0) is 176 Å². The third-order valence-electron chi connectivity index (χ3n) is 29.9. The van der Waals surface area contributed by atoms with Gasteiger partial charge in [0.2, 0.25) is 0 Å². The molecule has 8 aliphatic carbocycles. The Balaban J connectivity index is 0.000000142. The summed E-state index contributed by atoms with van der Waals surface area (Å²) >= 11 is 0. The Hall–Kier alpha value is -18.0. The van der Waals surface area contributed by atoms with Crippen LogP contribution in [0.1, 0.15) is 140 Å². The second-order valence-corrected chi connectivity index (χ2v) is 38.8. The van der Waals surface area contributed by atoms with Crippen molar-refractivity contribution in [2.75, 3.05) is 0 Å². The summed E-state index contributed by atoms with van der Waals surface area (Å²) in [5, 5.41) is 0. The van der Waals surface area contributed by atoms with Crippen LogP contribution in [-0.2, 0) is 10.8 Å². The van der Waals surface area contributed by atoms with Gasteiger partial charge in [-0.3, -0.25) is 0 Å². The summed E-state index contributed by atoms with van der Waals surface area (Å²) in [7, 11) is 0. The van der Waals surface area contributed by atoms with Gasteiger partial charge < -0.3 is 0 Å². The van der Waals surface area contributed by atoms with Gasteiger partial charge in [0.25, 0.3) is 0 Å². The maximum atomic E-state index is 5.38. The lowest BCUT2D eigenvalue weighted by molar-refractivity contribution is 0.660. The van der Waals surface area contributed by atoms with Crippen LogP contribution >= 0.6 is 0 Å². The average Bonchev–Trinajstić information content (AvgIpc) is 1.22. The van der Waals surface area contributed by atoms with Crippen LogP contribution in [0.15, 0.2) is 437 Å². The van der Waals surface area contributed by atoms with Crippen molar-refractivity contribution in [2.45, 2.75) is 62.2 Å². The summed E-state index contributed by atoms with van der Waals surface area (Å²) in [6.07, 6.45) is 0. The molecule has 12 heteroatoms. The fourth-order valence-corrected chi connectivity index (χ4v) is 23.1. The van der Waals surface area contributed by atoms with Crippen LogP contribution in [-0.4, -0.2) is 59.8 Å². The summed E-state index contributed by atoms with van der Waals surface area (Å²) in [5.41, 5.74) is 42.0. The van der Waals surface area contributed by atoms with Crippen LogP contribution < -0.4 is 0 Å². The van der Waals surface area contributed by atoms with Crippen molar-refractivity contribution < 1.29 is 0 Å². The molecule has 668 valence electrons. The van der Waals surface area contributed by atoms with Crippen molar-refractivity contribution >= 4 is 0 Å². The first-order valence-electron chi connectivity index (χ1n) is 48.7. The van der Waals surface area contributed by atoms with E-state index in [-0.39, 0.29) is 34.5 Å². The Kier molecular flexibility index (Phi) is 19.6. The van der Waals surface area contributed by atoms with Crippen molar-refractivity contribution in [3.05, 3.63) is 526 Å². The molecule has 0 saturated heterocycles. The van der Waals surface area contributed by atoms with Crippen LogP contribution in [0.4, 0.5) is 0 Å². The van der Waals surface area contributed by atoms with Gasteiger partial charge in [-0.15, -0.1) is 0 Å². The zero-order valence-corrected chi connectivity index (χ0v) is 78.2. The molecule has 0 saturated carbocycles. The largest absolute Gasteiger partial charge is 0.208 e. The SMILES string of the molecule is CC1(C)c2ccccc2-c2cc(-c3cccc(-c4nc(-c5ccccc5)nc(-c5ccc6c(c5)C5c7ccccc7C6c6cc(-c7nc(-c8ccccc8)nc(-c8ccccc8)n7)ccc65)n4)c3)ccc21.CC1(C)c2ccccc2-c2cc(-c3ccccc3-c3nc(-c4ccccc4)nc(-c4ccc5c(c4)C4c6ccccc6C5c5cc(-c6nc(-c7ccccc7)nc(-c7ccccc7)n6)ccc54)n3)ccc21. The van der Waals surface area contributed by atoms with E-state index in [0.29, 0.717) is 69.9 Å². The van der Waals surface area contributed by atoms with Gasteiger partial charge >= 0.3 is 0 Å². The smallest absolute Gasteiger partial charge is 0.164 e. The van der Waals surface area contributed by atoms with Gasteiger partial charge in [0.05, 0.1) is 0 Å². The fourth-order valence-electron chi connectivity index (χ4n) is 23.1. The Morgan fingerprint density at radius 2 is 0.331 bits per heavy atom. The summed E-state index contributed by atoms with van der Waals surface area (Å²) < 4.78 is 0. The second-order valence-electron chi connectivity index (χ2n) is 38.8. The molecule has 0 radical (unpaired) electrons. The Morgan fingerprint density at radius 1 is 0.127 bits per heavy atom. The lowest BCUT2D eigenvalue weighted by Gasteiger charge is -2.42. The van der Waals surface area contributed by atoms with E-state index in [9.17, 15) is 0 Å². The Labute approximate surface area is 823 Å². The van der Waals surface area contributed by atoms with E-state index in [1.165, 1.54) is 111 Å². The van der Waals surface area contributed by atoms with Crippen LogP contribution in [0, 0.1) is 0 Å².